The number of aromatic nitrogens is 1. The standard InChI is InChI=1S/C17H21NO2/c1-15-7-9-16(10-8-15)19-12-3-2-4-13-20-17-6-5-11-18-14-17/h5-11,14H,2-4,12-13H2,1H3. The summed E-state index contributed by atoms with van der Waals surface area (Å²) in [5.41, 5.74) is 1.25. The Hall–Kier alpha value is -2.03. The first-order valence-electron chi connectivity index (χ1n) is 7.07. The summed E-state index contributed by atoms with van der Waals surface area (Å²) in [6, 6.07) is 12.0. The molecule has 0 amide bonds. The SMILES string of the molecule is Cc1ccc(OCCCCCOc2cccnc2)cc1. The van der Waals surface area contributed by atoms with E-state index in [4.69, 9.17) is 9.47 Å². The maximum atomic E-state index is 5.68. The molecule has 0 aliphatic rings. The minimum absolute atomic E-state index is 0.732. The highest BCUT2D eigenvalue weighted by Crippen LogP contribution is 2.12. The van der Waals surface area contributed by atoms with E-state index in [0.717, 1.165) is 44.0 Å². The van der Waals surface area contributed by atoms with E-state index in [0.29, 0.717) is 0 Å². The van der Waals surface area contributed by atoms with Gasteiger partial charge < -0.3 is 9.47 Å². The third-order valence-corrected chi connectivity index (χ3v) is 2.98. The second-order valence-corrected chi connectivity index (χ2v) is 4.76. The number of rotatable bonds is 8. The topological polar surface area (TPSA) is 31.4 Å². The molecule has 0 fully saturated rings. The molecule has 0 bridgehead atoms. The monoisotopic (exact) mass is 271 g/mol. The van der Waals surface area contributed by atoms with E-state index < -0.39 is 0 Å². The molecule has 2 aromatic rings. The summed E-state index contributed by atoms with van der Waals surface area (Å²) < 4.78 is 11.3. The van der Waals surface area contributed by atoms with Gasteiger partial charge in [-0.2, -0.15) is 0 Å². The summed E-state index contributed by atoms with van der Waals surface area (Å²) in [4.78, 5) is 4.01. The van der Waals surface area contributed by atoms with Crippen LogP contribution in [0.15, 0.2) is 48.8 Å². The fourth-order valence-electron chi connectivity index (χ4n) is 1.83. The van der Waals surface area contributed by atoms with Gasteiger partial charge in [-0.3, -0.25) is 4.98 Å². The van der Waals surface area contributed by atoms with Gasteiger partial charge in [0.2, 0.25) is 0 Å². The summed E-state index contributed by atoms with van der Waals surface area (Å²) >= 11 is 0. The normalized spacial score (nSPS) is 10.2. The number of unbranched alkanes of at least 4 members (excludes halogenated alkanes) is 2. The van der Waals surface area contributed by atoms with E-state index >= 15 is 0 Å². The average molecular weight is 271 g/mol. The van der Waals surface area contributed by atoms with Crippen molar-refractivity contribution in [2.45, 2.75) is 26.2 Å². The van der Waals surface area contributed by atoms with Crippen molar-refractivity contribution in [3.8, 4) is 11.5 Å². The van der Waals surface area contributed by atoms with Crippen LogP contribution in [0, 0.1) is 6.92 Å². The summed E-state index contributed by atoms with van der Waals surface area (Å²) in [6.07, 6.45) is 6.67. The van der Waals surface area contributed by atoms with E-state index in [2.05, 4.69) is 24.0 Å². The Kier molecular flexibility index (Phi) is 5.90. The number of aryl methyl sites for hydroxylation is 1. The van der Waals surface area contributed by atoms with E-state index in [9.17, 15) is 0 Å². The lowest BCUT2D eigenvalue weighted by atomic mass is 10.2. The molecule has 3 nitrogen and oxygen atoms in total. The van der Waals surface area contributed by atoms with Gasteiger partial charge in [0.25, 0.3) is 0 Å². The second kappa shape index (κ2) is 8.20. The van der Waals surface area contributed by atoms with Gasteiger partial charge in [0.1, 0.15) is 11.5 Å². The lowest BCUT2D eigenvalue weighted by Crippen LogP contribution is -2.01. The molecule has 0 unspecified atom stereocenters. The molecule has 0 aliphatic heterocycles. The lowest BCUT2D eigenvalue weighted by molar-refractivity contribution is 0.279. The molecule has 2 rings (SSSR count). The molecule has 1 aromatic heterocycles. The van der Waals surface area contributed by atoms with Crippen molar-refractivity contribution in [2.24, 2.45) is 0 Å². The van der Waals surface area contributed by atoms with Gasteiger partial charge in [-0.25, -0.2) is 0 Å². The molecule has 106 valence electrons. The third-order valence-electron chi connectivity index (χ3n) is 2.98. The maximum absolute atomic E-state index is 5.68. The van der Waals surface area contributed by atoms with Crippen LogP contribution in [0.1, 0.15) is 24.8 Å². The lowest BCUT2D eigenvalue weighted by Gasteiger charge is -2.07. The molecule has 3 heteroatoms. The first-order valence-corrected chi connectivity index (χ1v) is 7.07. The smallest absolute Gasteiger partial charge is 0.137 e. The van der Waals surface area contributed by atoms with Crippen LogP contribution in [-0.4, -0.2) is 18.2 Å². The quantitative estimate of drug-likeness (QED) is 0.680. The highest BCUT2D eigenvalue weighted by atomic mass is 16.5. The number of ether oxygens (including phenoxy) is 2. The zero-order valence-electron chi connectivity index (χ0n) is 11.9. The van der Waals surface area contributed by atoms with Crippen molar-refractivity contribution in [1.29, 1.82) is 0 Å². The van der Waals surface area contributed by atoms with Gasteiger partial charge in [-0.05, 0) is 50.5 Å². The van der Waals surface area contributed by atoms with Crippen molar-refractivity contribution in [2.75, 3.05) is 13.2 Å². The zero-order chi connectivity index (χ0) is 14.0. The van der Waals surface area contributed by atoms with Crippen LogP contribution in [0.5, 0.6) is 11.5 Å². The molecule has 0 radical (unpaired) electrons. The third kappa shape index (κ3) is 5.31. The highest BCUT2D eigenvalue weighted by molar-refractivity contribution is 5.26. The van der Waals surface area contributed by atoms with Crippen LogP contribution in [0.4, 0.5) is 0 Å². The Morgan fingerprint density at radius 3 is 2.20 bits per heavy atom. The predicted molar refractivity (Wildman–Crippen MR) is 80.3 cm³/mol. The summed E-state index contributed by atoms with van der Waals surface area (Å²) in [7, 11) is 0. The summed E-state index contributed by atoms with van der Waals surface area (Å²) in [6.45, 7) is 3.57. The minimum Gasteiger partial charge on any atom is -0.494 e. The van der Waals surface area contributed by atoms with Gasteiger partial charge in [0, 0.05) is 6.20 Å². The van der Waals surface area contributed by atoms with Gasteiger partial charge >= 0.3 is 0 Å². The van der Waals surface area contributed by atoms with Crippen LogP contribution in [0.2, 0.25) is 0 Å². The van der Waals surface area contributed by atoms with E-state index in [1.807, 2.05) is 24.3 Å². The molecule has 1 heterocycles. The molecule has 0 spiro atoms. The van der Waals surface area contributed by atoms with Gasteiger partial charge in [0.15, 0.2) is 0 Å². The molecule has 0 aliphatic carbocycles. The van der Waals surface area contributed by atoms with E-state index in [1.165, 1.54) is 5.56 Å². The molecule has 0 saturated carbocycles. The van der Waals surface area contributed by atoms with E-state index in [1.54, 1.807) is 12.4 Å². The fraction of sp³-hybridized carbons (Fsp3) is 0.353. The Labute approximate surface area is 120 Å². The van der Waals surface area contributed by atoms with Crippen LogP contribution < -0.4 is 9.47 Å². The largest absolute Gasteiger partial charge is 0.494 e. The Morgan fingerprint density at radius 1 is 0.850 bits per heavy atom. The molecule has 0 saturated heterocycles. The van der Waals surface area contributed by atoms with Gasteiger partial charge in [0.05, 0.1) is 19.4 Å². The van der Waals surface area contributed by atoms with Crippen LogP contribution in [-0.2, 0) is 0 Å². The number of pyridine rings is 1. The Bertz CT molecular complexity index is 482. The number of nitrogens with zero attached hydrogens (tertiary/aromatic N) is 1. The van der Waals surface area contributed by atoms with E-state index in [-0.39, 0.29) is 0 Å². The van der Waals surface area contributed by atoms with Crippen LogP contribution in [0.25, 0.3) is 0 Å². The zero-order valence-corrected chi connectivity index (χ0v) is 11.9. The molecular weight excluding hydrogens is 250 g/mol. The summed E-state index contributed by atoms with van der Waals surface area (Å²) in [5.74, 6) is 1.78. The molecule has 20 heavy (non-hydrogen) atoms. The molecule has 1 aromatic carbocycles. The predicted octanol–water partition coefficient (Wildman–Crippen LogP) is 4.02. The minimum atomic E-state index is 0.732. The van der Waals surface area contributed by atoms with Crippen molar-refractivity contribution < 1.29 is 9.47 Å². The Morgan fingerprint density at radius 2 is 1.55 bits per heavy atom. The highest BCUT2D eigenvalue weighted by Gasteiger charge is 1.95. The molecular formula is C17H21NO2. The summed E-state index contributed by atoms with van der Waals surface area (Å²) in [5, 5.41) is 0. The van der Waals surface area contributed by atoms with Crippen molar-refractivity contribution in [1.82, 2.24) is 4.98 Å². The number of hydrogen-bond donors (Lipinski definition) is 0. The first-order chi connectivity index (χ1) is 9.84. The first kappa shape index (κ1) is 14.4. The maximum Gasteiger partial charge on any atom is 0.137 e. The van der Waals surface area contributed by atoms with Crippen LogP contribution in [0.3, 0.4) is 0 Å². The van der Waals surface area contributed by atoms with Gasteiger partial charge in [-0.15, -0.1) is 0 Å². The second-order valence-electron chi connectivity index (χ2n) is 4.76. The molecule has 0 atom stereocenters. The van der Waals surface area contributed by atoms with Crippen LogP contribution >= 0.6 is 0 Å². The van der Waals surface area contributed by atoms with Gasteiger partial charge in [-0.1, -0.05) is 17.7 Å². The number of hydrogen-bond acceptors (Lipinski definition) is 3. The Balaban J connectivity index is 1.51. The van der Waals surface area contributed by atoms with Crippen molar-refractivity contribution in [3.63, 3.8) is 0 Å². The number of benzene rings is 1. The van der Waals surface area contributed by atoms with Crippen molar-refractivity contribution in [3.05, 3.63) is 54.4 Å². The molecule has 0 N–H and O–H groups in total. The average Bonchev–Trinajstić information content (AvgIpc) is 2.49. The van der Waals surface area contributed by atoms with Crippen molar-refractivity contribution >= 4 is 0 Å². The fourth-order valence-corrected chi connectivity index (χ4v) is 1.83.